The highest BCUT2D eigenvalue weighted by Gasteiger charge is 2.16. The maximum atomic E-state index is 4.58. The van der Waals surface area contributed by atoms with Gasteiger partial charge in [0.2, 0.25) is 0 Å². The molecule has 0 radical (unpaired) electrons. The summed E-state index contributed by atoms with van der Waals surface area (Å²) in [7, 11) is 2.06. The predicted molar refractivity (Wildman–Crippen MR) is 86.3 cm³/mol. The molecule has 2 aromatic heterocycles. The number of nitrogens with zero attached hydrogens (tertiary/aromatic N) is 2. The van der Waals surface area contributed by atoms with Gasteiger partial charge in [0, 0.05) is 13.1 Å². The number of aryl methyl sites for hydroxylation is 3. The molecule has 0 spiro atoms. The van der Waals surface area contributed by atoms with E-state index >= 15 is 0 Å². The molecule has 2 rings (SSSR count). The second kappa shape index (κ2) is 7.60. The summed E-state index contributed by atoms with van der Waals surface area (Å²) in [5, 5.41) is 12.7. The summed E-state index contributed by atoms with van der Waals surface area (Å²) in [6, 6.07) is 4.87. The SMILES string of the molecule is CCCNC(CCc1ccsc1)c1cc(CC)nn1C. The smallest absolute Gasteiger partial charge is 0.0625 e. The van der Waals surface area contributed by atoms with Gasteiger partial charge in [-0.1, -0.05) is 13.8 Å². The molecule has 0 fully saturated rings. The van der Waals surface area contributed by atoms with Gasteiger partial charge in [-0.2, -0.15) is 16.4 Å². The molecule has 0 amide bonds. The Bertz CT molecular complexity index is 502. The first kappa shape index (κ1) is 15.3. The number of aromatic nitrogens is 2. The summed E-state index contributed by atoms with van der Waals surface area (Å²) in [6.07, 6.45) is 4.41. The van der Waals surface area contributed by atoms with Gasteiger partial charge in [-0.3, -0.25) is 4.68 Å². The quantitative estimate of drug-likeness (QED) is 0.803. The van der Waals surface area contributed by atoms with E-state index in [1.807, 2.05) is 4.68 Å². The molecule has 0 bridgehead atoms. The van der Waals surface area contributed by atoms with E-state index in [-0.39, 0.29) is 0 Å². The van der Waals surface area contributed by atoms with Crippen molar-refractivity contribution in [2.24, 2.45) is 7.05 Å². The first-order valence-corrected chi connectivity index (χ1v) is 8.46. The van der Waals surface area contributed by atoms with Crippen LogP contribution in [-0.4, -0.2) is 16.3 Å². The van der Waals surface area contributed by atoms with Gasteiger partial charge in [0.1, 0.15) is 0 Å². The normalized spacial score (nSPS) is 12.8. The van der Waals surface area contributed by atoms with Gasteiger partial charge in [-0.15, -0.1) is 0 Å². The average molecular weight is 291 g/mol. The molecule has 0 aromatic carbocycles. The molecule has 1 unspecified atom stereocenters. The van der Waals surface area contributed by atoms with Crippen molar-refractivity contribution in [3.63, 3.8) is 0 Å². The minimum absolute atomic E-state index is 0.396. The molecule has 4 heteroatoms. The lowest BCUT2D eigenvalue weighted by atomic mass is 10.0. The van der Waals surface area contributed by atoms with Crippen LogP contribution in [0.1, 0.15) is 49.7 Å². The van der Waals surface area contributed by atoms with Gasteiger partial charge in [0.25, 0.3) is 0 Å². The second-order valence-electron chi connectivity index (χ2n) is 5.21. The second-order valence-corrected chi connectivity index (χ2v) is 5.99. The largest absolute Gasteiger partial charge is 0.309 e. The maximum absolute atomic E-state index is 4.58. The van der Waals surface area contributed by atoms with E-state index in [4.69, 9.17) is 0 Å². The lowest BCUT2D eigenvalue weighted by Gasteiger charge is -2.18. The van der Waals surface area contributed by atoms with Gasteiger partial charge in [-0.05, 0) is 60.7 Å². The van der Waals surface area contributed by atoms with Crippen molar-refractivity contribution < 1.29 is 0 Å². The number of rotatable bonds is 8. The fourth-order valence-corrected chi connectivity index (χ4v) is 3.16. The number of nitrogens with one attached hydrogen (secondary N) is 1. The maximum Gasteiger partial charge on any atom is 0.0625 e. The molecule has 2 aromatic rings. The van der Waals surface area contributed by atoms with Crippen molar-refractivity contribution in [3.8, 4) is 0 Å². The topological polar surface area (TPSA) is 29.9 Å². The van der Waals surface area contributed by atoms with E-state index in [0.29, 0.717) is 6.04 Å². The monoisotopic (exact) mass is 291 g/mol. The zero-order valence-electron chi connectivity index (χ0n) is 12.7. The minimum Gasteiger partial charge on any atom is -0.309 e. The molecule has 0 saturated heterocycles. The molecule has 1 N–H and O–H groups in total. The Morgan fingerprint density at radius 2 is 2.25 bits per heavy atom. The van der Waals surface area contributed by atoms with Crippen LogP contribution in [0.3, 0.4) is 0 Å². The van der Waals surface area contributed by atoms with E-state index < -0.39 is 0 Å². The summed E-state index contributed by atoms with van der Waals surface area (Å²) in [4.78, 5) is 0. The Balaban J connectivity index is 2.07. The lowest BCUT2D eigenvalue weighted by Crippen LogP contribution is -2.24. The molecule has 0 saturated carbocycles. The Morgan fingerprint density at radius 3 is 2.85 bits per heavy atom. The zero-order chi connectivity index (χ0) is 14.4. The van der Waals surface area contributed by atoms with Crippen LogP contribution in [0.2, 0.25) is 0 Å². The summed E-state index contributed by atoms with van der Waals surface area (Å²) in [5.74, 6) is 0. The Hall–Kier alpha value is -1.13. The van der Waals surface area contributed by atoms with Crippen molar-refractivity contribution >= 4 is 11.3 Å². The number of hydrogen-bond donors (Lipinski definition) is 1. The van der Waals surface area contributed by atoms with E-state index in [1.165, 1.54) is 17.0 Å². The number of thiophene rings is 1. The third-order valence-corrected chi connectivity index (χ3v) is 4.36. The van der Waals surface area contributed by atoms with Crippen LogP contribution in [0.5, 0.6) is 0 Å². The molecule has 3 nitrogen and oxygen atoms in total. The van der Waals surface area contributed by atoms with Crippen LogP contribution in [-0.2, 0) is 19.9 Å². The van der Waals surface area contributed by atoms with Gasteiger partial charge in [-0.25, -0.2) is 0 Å². The standard InChI is InChI=1S/C16H25N3S/c1-4-9-17-15(7-6-13-8-10-20-12-13)16-11-14(5-2)18-19(16)3/h8,10-12,15,17H,4-7,9H2,1-3H3. The van der Waals surface area contributed by atoms with Crippen LogP contribution in [0.4, 0.5) is 0 Å². The van der Waals surface area contributed by atoms with Gasteiger partial charge < -0.3 is 5.32 Å². The first-order chi connectivity index (χ1) is 9.74. The molecule has 1 atom stereocenters. The van der Waals surface area contributed by atoms with E-state index in [0.717, 1.165) is 32.2 Å². The Kier molecular flexibility index (Phi) is 5.80. The highest BCUT2D eigenvalue weighted by atomic mass is 32.1. The fourth-order valence-electron chi connectivity index (χ4n) is 2.46. The van der Waals surface area contributed by atoms with Crippen molar-refractivity contribution in [1.82, 2.24) is 15.1 Å². The van der Waals surface area contributed by atoms with Crippen molar-refractivity contribution in [1.29, 1.82) is 0 Å². The van der Waals surface area contributed by atoms with Gasteiger partial charge >= 0.3 is 0 Å². The molecular formula is C16H25N3S. The molecule has 0 aliphatic rings. The first-order valence-electron chi connectivity index (χ1n) is 7.51. The zero-order valence-corrected chi connectivity index (χ0v) is 13.5. The van der Waals surface area contributed by atoms with Crippen LogP contribution in [0.15, 0.2) is 22.9 Å². The predicted octanol–water partition coefficient (Wildman–Crippen LogP) is 3.72. The number of hydrogen-bond acceptors (Lipinski definition) is 3. The van der Waals surface area contributed by atoms with Gasteiger partial charge in [0.15, 0.2) is 0 Å². The molecule has 20 heavy (non-hydrogen) atoms. The fraction of sp³-hybridized carbons (Fsp3) is 0.562. The Labute approximate surface area is 126 Å². The summed E-state index contributed by atoms with van der Waals surface area (Å²) in [6.45, 7) is 5.43. The molecular weight excluding hydrogens is 266 g/mol. The van der Waals surface area contributed by atoms with E-state index in [1.54, 1.807) is 11.3 Å². The molecule has 0 aliphatic heterocycles. The third-order valence-electron chi connectivity index (χ3n) is 3.63. The highest BCUT2D eigenvalue weighted by molar-refractivity contribution is 7.07. The minimum atomic E-state index is 0.396. The van der Waals surface area contributed by atoms with Crippen LogP contribution < -0.4 is 5.32 Å². The summed E-state index contributed by atoms with van der Waals surface area (Å²) >= 11 is 1.78. The highest BCUT2D eigenvalue weighted by Crippen LogP contribution is 2.21. The van der Waals surface area contributed by atoms with E-state index in [2.05, 4.69) is 54.2 Å². The van der Waals surface area contributed by atoms with Gasteiger partial charge in [0.05, 0.1) is 11.4 Å². The van der Waals surface area contributed by atoms with E-state index in [9.17, 15) is 0 Å². The molecule has 110 valence electrons. The van der Waals surface area contributed by atoms with Crippen LogP contribution in [0.25, 0.3) is 0 Å². The van der Waals surface area contributed by atoms with Crippen molar-refractivity contribution in [3.05, 3.63) is 39.8 Å². The van der Waals surface area contributed by atoms with Crippen LogP contribution in [0, 0.1) is 0 Å². The third kappa shape index (κ3) is 3.93. The van der Waals surface area contributed by atoms with Crippen molar-refractivity contribution in [2.75, 3.05) is 6.54 Å². The van der Waals surface area contributed by atoms with Crippen molar-refractivity contribution in [2.45, 2.75) is 45.6 Å². The summed E-state index contributed by atoms with van der Waals surface area (Å²) < 4.78 is 2.04. The Morgan fingerprint density at radius 1 is 1.40 bits per heavy atom. The lowest BCUT2D eigenvalue weighted by molar-refractivity contribution is 0.468. The average Bonchev–Trinajstić information content (AvgIpc) is 3.09. The molecule has 2 heterocycles. The molecule has 0 aliphatic carbocycles. The van der Waals surface area contributed by atoms with Crippen LogP contribution >= 0.6 is 11.3 Å². The summed E-state index contributed by atoms with van der Waals surface area (Å²) in [5.41, 5.74) is 3.93.